The van der Waals surface area contributed by atoms with Crippen LogP contribution >= 0.6 is 11.6 Å². The molecule has 2 aromatic rings. The maximum absolute atomic E-state index is 5.98. The highest BCUT2D eigenvalue weighted by atomic mass is 35.5. The van der Waals surface area contributed by atoms with Gasteiger partial charge in [-0.05, 0) is 43.5 Å². The molecule has 0 aliphatic carbocycles. The Morgan fingerprint density at radius 3 is 2.94 bits per heavy atom. The van der Waals surface area contributed by atoms with Crippen LogP contribution in [0.15, 0.2) is 16.5 Å². The summed E-state index contributed by atoms with van der Waals surface area (Å²) in [6, 6.07) is 3.73. The van der Waals surface area contributed by atoms with Crippen LogP contribution < -0.4 is 5.73 Å². The minimum Gasteiger partial charge on any atom is -0.440 e. The Kier molecular flexibility index (Phi) is 3.69. The summed E-state index contributed by atoms with van der Waals surface area (Å²) < 4.78 is 5.74. The number of aryl methyl sites for hydroxylation is 2. The minimum atomic E-state index is 0.495. The van der Waals surface area contributed by atoms with Crippen molar-refractivity contribution < 1.29 is 4.42 Å². The molecule has 2 rings (SSSR count). The molecule has 4 heteroatoms. The van der Waals surface area contributed by atoms with Crippen LogP contribution in [0.1, 0.15) is 24.8 Å². The molecule has 1 atom stereocenters. The molecule has 0 saturated heterocycles. The second kappa shape index (κ2) is 5.07. The molecule has 2 N–H and O–H groups in total. The number of nitrogens with zero attached hydrogens (tertiary/aromatic N) is 1. The highest BCUT2D eigenvalue weighted by Crippen LogP contribution is 2.24. The highest BCUT2D eigenvalue weighted by molar-refractivity contribution is 6.31. The van der Waals surface area contributed by atoms with E-state index in [1.807, 2.05) is 19.1 Å². The summed E-state index contributed by atoms with van der Waals surface area (Å²) in [7, 11) is 0. The predicted octanol–water partition coefficient (Wildman–Crippen LogP) is 3.32. The first-order chi connectivity index (χ1) is 8.10. The SMILES string of the molecule is Cc1cc(Cl)cc2nc(CCC(C)CN)oc12. The van der Waals surface area contributed by atoms with E-state index < -0.39 is 0 Å². The van der Waals surface area contributed by atoms with E-state index in [4.69, 9.17) is 21.8 Å². The number of fused-ring (bicyclic) bond motifs is 1. The lowest BCUT2D eigenvalue weighted by Gasteiger charge is -2.04. The number of hydrogen-bond acceptors (Lipinski definition) is 3. The van der Waals surface area contributed by atoms with Crippen molar-refractivity contribution in [3.05, 3.63) is 28.6 Å². The van der Waals surface area contributed by atoms with Crippen molar-refractivity contribution in [2.75, 3.05) is 6.54 Å². The fourth-order valence-electron chi connectivity index (χ4n) is 1.80. The third-order valence-electron chi connectivity index (χ3n) is 2.94. The Bertz CT molecular complexity index is 521. The van der Waals surface area contributed by atoms with Gasteiger partial charge in [-0.15, -0.1) is 0 Å². The smallest absolute Gasteiger partial charge is 0.195 e. The number of oxazole rings is 1. The fourth-order valence-corrected chi connectivity index (χ4v) is 2.06. The lowest BCUT2D eigenvalue weighted by atomic mass is 10.1. The molecular weight excluding hydrogens is 236 g/mol. The molecule has 3 nitrogen and oxygen atoms in total. The Morgan fingerprint density at radius 2 is 2.24 bits per heavy atom. The van der Waals surface area contributed by atoms with Gasteiger partial charge >= 0.3 is 0 Å². The molecule has 1 aromatic carbocycles. The van der Waals surface area contributed by atoms with Gasteiger partial charge in [0.15, 0.2) is 11.5 Å². The summed E-state index contributed by atoms with van der Waals surface area (Å²) >= 11 is 5.98. The summed E-state index contributed by atoms with van der Waals surface area (Å²) in [6.07, 6.45) is 1.82. The number of aromatic nitrogens is 1. The Balaban J connectivity index is 2.23. The van der Waals surface area contributed by atoms with E-state index in [2.05, 4.69) is 11.9 Å². The van der Waals surface area contributed by atoms with Gasteiger partial charge in [-0.1, -0.05) is 18.5 Å². The van der Waals surface area contributed by atoms with E-state index in [-0.39, 0.29) is 0 Å². The van der Waals surface area contributed by atoms with Gasteiger partial charge in [-0.2, -0.15) is 0 Å². The summed E-state index contributed by atoms with van der Waals surface area (Å²) in [5.41, 5.74) is 8.29. The second-order valence-electron chi connectivity index (χ2n) is 4.56. The molecule has 1 aromatic heterocycles. The molecule has 1 unspecified atom stereocenters. The number of nitrogens with two attached hydrogens (primary N) is 1. The van der Waals surface area contributed by atoms with Gasteiger partial charge in [0.25, 0.3) is 0 Å². The number of benzene rings is 1. The Labute approximate surface area is 106 Å². The molecule has 0 bridgehead atoms. The standard InChI is InChI=1S/C13H17ClN2O/c1-8(7-15)3-4-12-16-11-6-10(14)5-9(2)13(11)17-12/h5-6,8H,3-4,7,15H2,1-2H3. The maximum Gasteiger partial charge on any atom is 0.195 e. The van der Waals surface area contributed by atoms with Crippen molar-refractivity contribution in [3.8, 4) is 0 Å². The van der Waals surface area contributed by atoms with Crippen molar-refractivity contribution in [2.24, 2.45) is 11.7 Å². The first-order valence-electron chi connectivity index (χ1n) is 5.85. The van der Waals surface area contributed by atoms with Crippen molar-refractivity contribution >= 4 is 22.7 Å². The summed E-state index contributed by atoms with van der Waals surface area (Å²) in [5.74, 6) is 1.26. The largest absolute Gasteiger partial charge is 0.440 e. The fraction of sp³-hybridized carbons (Fsp3) is 0.462. The normalized spacial score (nSPS) is 13.2. The number of halogens is 1. The van der Waals surface area contributed by atoms with Crippen LogP contribution in [0.25, 0.3) is 11.1 Å². The number of rotatable bonds is 4. The molecular formula is C13H17ClN2O. The monoisotopic (exact) mass is 252 g/mol. The highest BCUT2D eigenvalue weighted by Gasteiger charge is 2.10. The van der Waals surface area contributed by atoms with E-state index in [1.54, 1.807) is 0 Å². The van der Waals surface area contributed by atoms with Crippen LogP contribution in [0, 0.1) is 12.8 Å². The molecule has 92 valence electrons. The van der Waals surface area contributed by atoms with Crippen LogP contribution in [-0.2, 0) is 6.42 Å². The average molecular weight is 253 g/mol. The van der Waals surface area contributed by atoms with E-state index in [0.29, 0.717) is 17.5 Å². The van der Waals surface area contributed by atoms with Gasteiger partial charge < -0.3 is 10.2 Å². The zero-order valence-electron chi connectivity index (χ0n) is 10.2. The molecule has 0 fully saturated rings. The van der Waals surface area contributed by atoms with E-state index >= 15 is 0 Å². The molecule has 17 heavy (non-hydrogen) atoms. The molecule has 0 aliphatic rings. The van der Waals surface area contributed by atoms with Gasteiger partial charge in [0.05, 0.1) is 0 Å². The lowest BCUT2D eigenvalue weighted by Crippen LogP contribution is -2.11. The van der Waals surface area contributed by atoms with E-state index in [1.165, 1.54) is 0 Å². The van der Waals surface area contributed by atoms with E-state index in [0.717, 1.165) is 35.4 Å². The molecule has 0 amide bonds. The molecule has 0 aliphatic heterocycles. The summed E-state index contributed by atoms with van der Waals surface area (Å²) in [6.45, 7) is 4.81. The lowest BCUT2D eigenvalue weighted by molar-refractivity contribution is 0.470. The van der Waals surface area contributed by atoms with Crippen molar-refractivity contribution in [1.29, 1.82) is 0 Å². The predicted molar refractivity (Wildman–Crippen MR) is 70.3 cm³/mol. The van der Waals surface area contributed by atoms with Gasteiger partial charge in [0, 0.05) is 11.4 Å². The minimum absolute atomic E-state index is 0.495. The van der Waals surface area contributed by atoms with Crippen molar-refractivity contribution in [1.82, 2.24) is 4.98 Å². The van der Waals surface area contributed by atoms with Gasteiger partial charge in [-0.3, -0.25) is 0 Å². The van der Waals surface area contributed by atoms with Crippen molar-refractivity contribution in [2.45, 2.75) is 26.7 Å². The number of hydrogen-bond donors (Lipinski definition) is 1. The van der Waals surface area contributed by atoms with Crippen LogP contribution in [0.5, 0.6) is 0 Å². The zero-order chi connectivity index (χ0) is 12.4. The van der Waals surface area contributed by atoms with Crippen LogP contribution in [-0.4, -0.2) is 11.5 Å². The second-order valence-corrected chi connectivity index (χ2v) is 4.99. The van der Waals surface area contributed by atoms with Gasteiger partial charge in [0.2, 0.25) is 0 Å². The van der Waals surface area contributed by atoms with Gasteiger partial charge in [0.1, 0.15) is 5.52 Å². The summed E-state index contributed by atoms with van der Waals surface area (Å²) in [4.78, 5) is 4.45. The molecule has 1 heterocycles. The van der Waals surface area contributed by atoms with Crippen LogP contribution in [0.4, 0.5) is 0 Å². The van der Waals surface area contributed by atoms with Gasteiger partial charge in [-0.25, -0.2) is 4.98 Å². The quantitative estimate of drug-likeness (QED) is 0.908. The zero-order valence-corrected chi connectivity index (χ0v) is 10.9. The van der Waals surface area contributed by atoms with Crippen LogP contribution in [0.2, 0.25) is 5.02 Å². The third-order valence-corrected chi connectivity index (χ3v) is 3.16. The first-order valence-corrected chi connectivity index (χ1v) is 6.23. The Hall–Kier alpha value is -1.06. The molecule has 0 saturated carbocycles. The molecule has 0 spiro atoms. The average Bonchev–Trinajstić information content (AvgIpc) is 2.69. The maximum atomic E-state index is 5.98. The Morgan fingerprint density at radius 1 is 1.47 bits per heavy atom. The molecule has 0 radical (unpaired) electrons. The summed E-state index contributed by atoms with van der Waals surface area (Å²) in [5, 5.41) is 0.699. The van der Waals surface area contributed by atoms with E-state index in [9.17, 15) is 0 Å². The first kappa shape index (κ1) is 12.4. The van der Waals surface area contributed by atoms with Crippen molar-refractivity contribution in [3.63, 3.8) is 0 Å². The third kappa shape index (κ3) is 2.79. The van der Waals surface area contributed by atoms with Crippen LogP contribution in [0.3, 0.4) is 0 Å². The topological polar surface area (TPSA) is 52.0 Å².